The predicted octanol–water partition coefficient (Wildman–Crippen LogP) is 5.09. The van der Waals surface area contributed by atoms with Gasteiger partial charge in [-0.05, 0) is 43.2 Å². The zero-order chi connectivity index (χ0) is 15.6. The lowest BCUT2D eigenvalue weighted by molar-refractivity contribution is 0.306. The molecule has 2 aromatic carbocycles. The van der Waals surface area contributed by atoms with E-state index in [9.17, 15) is 0 Å². The Hall–Kier alpha value is -2.29. The Kier molecular flexibility index (Phi) is 6.49. The molecule has 0 unspecified atom stereocenters. The molecular formula is C19H24N2O. The van der Waals surface area contributed by atoms with Gasteiger partial charge in [0.15, 0.2) is 0 Å². The van der Waals surface area contributed by atoms with Gasteiger partial charge >= 0.3 is 0 Å². The minimum atomic E-state index is 0.784. The quantitative estimate of drug-likeness (QED) is 0.418. The van der Waals surface area contributed by atoms with Gasteiger partial charge in [-0.1, -0.05) is 50.1 Å². The molecule has 0 aliphatic carbocycles. The Bertz CT molecular complexity index is 576. The highest BCUT2D eigenvalue weighted by atomic mass is 16.5. The highest BCUT2D eigenvalue weighted by Crippen LogP contribution is 2.16. The molecule has 0 radical (unpaired) electrons. The predicted molar refractivity (Wildman–Crippen MR) is 93.7 cm³/mol. The molecule has 3 nitrogen and oxygen atoms in total. The molecule has 2 rings (SSSR count). The molecular weight excluding hydrogens is 272 g/mol. The van der Waals surface area contributed by atoms with Crippen molar-refractivity contribution >= 4 is 11.4 Å². The van der Waals surface area contributed by atoms with Gasteiger partial charge in [0.05, 0.1) is 18.0 Å². The fourth-order valence-electron chi connectivity index (χ4n) is 2.06. The number of hydrazone groups is 1. The molecule has 1 N–H and O–H groups in total. The molecule has 0 heterocycles. The molecule has 0 aliphatic rings. The third-order valence-corrected chi connectivity index (χ3v) is 3.42. The molecule has 116 valence electrons. The minimum absolute atomic E-state index is 0.784. The summed E-state index contributed by atoms with van der Waals surface area (Å²) < 4.78 is 5.69. The lowest BCUT2D eigenvalue weighted by Crippen LogP contribution is -2.00. The van der Waals surface area contributed by atoms with Crippen LogP contribution in [0.25, 0.3) is 0 Å². The van der Waals surface area contributed by atoms with Gasteiger partial charge in [-0.2, -0.15) is 5.10 Å². The first-order chi connectivity index (χ1) is 10.8. The van der Waals surface area contributed by atoms with E-state index in [4.69, 9.17) is 4.74 Å². The number of anilines is 1. The van der Waals surface area contributed by atoms with Crippen molar-refractivity contribution in [2.45, 2.75) is 33.1 Å². The molecule has 0 atom stereocenters. The summed E-state index contributed by atoms with van der Waals surface area (Å²) >= 11 is 0. The van der Waals surface area contributed by atoms with Crippen LogP contribution < -0.4 is 10.2 Å². The molecule has 0 amide bonds. The number of hydrogen-bond acceptors (Lipinski definition) is 3. The van der Waals surface area contributed by atoms with Crippen LogP contribution in [0.3, 0.4) is 0 Å². The largest absolute Gasteiger partial charge is 0.494 e. The van der Waals surface area contributed by atoms with Crippen LogP contribution in [-0.2, 0) is 0 Å². The summed E-state index contributed by atoms with van der Waals surface area (Å²) in [5.41, 5.74) is 6.11. The monoisotopic (exact) mass is 296 g/mol. The summed E-state index contributed by atoms with van der Waals surface area (Å²) in [6, 6.07) is 18.0. The number of nitrogens with one attached hydrogen (secondary N) is 1. The average Bonchev–Trinajstić information content (AvgIpc) is 2.58. The van der Waals surface area contributed by atoms with Gasteiger partial charge < -0.3 is 4.74 Å². The molecule has 0 spiro atoms. The highest BCUT2D eigenvalue weighted by molar-refractivity contribution is 5.99. The van der Waals surface area contributed by atoms with E-state index in [1.54, 1.807) is 0 Å². The summed E-state index contributed by atoms with van der Waals surface area (Å²) in [6.45, 7) is 4.97. The summed E-state index contributed by atoms with van der Waals surface area (Å²) in [7, 11) is 0. The Labute approximate surface area is 133 Å². The number of hydrogen-bond donors (Lipinski definition) is 1. The van der Waals surface area contributed by atoms with E-state index in [2.05, 4.69) is 17.5 Å². The molecule has 0 saturated heterocycles. The van der Waals surface area contributed by atoms with Gasteiger partial charge in [-0.3, -0.25) is 5.43 Å². The van der Waals surface area contributed by atoms with Crippen LogP contribution in [0.5, 0.6) is 5.75 Å². The summed E-state index contributed by atoms with van der Waals surface area (Å²) in [4.78, 5) is 0. The van der Waals surface area contributed by atoms with Gasteiger partial charge in [0.2, 0.25) is 0 Å². The van der Waals surface area contributed by atoms with Crippen LogP contribution in [0, 0.1) is 0 Å². The number of benzene rings is 2. The topological polar surface area (TPSA) is 33.6 Å². The minimum Gasteiger partial charge on any atom is -0.494 e. The van der Waals surface area contributed by atoms with Crippen LogP contribution in [0.4, 0.5) is 5.69 Å². The maximum atomic E-state index is 5.69. The normalized spacial score (nSPS) is 11.3. The Morgan fingerprint density at radius 1 is 1.00 bits per heavy atom. The summed E-state index contributed by atoms with van der Waals surface area (Å²) in [6.07, 6.45) is 3.54. The van der Waals surface area contributed by atoms with Crippen molar-refractivity contribution < 1.29 is 4.74 Å². The molecule has 3 heteroatoms. The van der Waals surface area contributed by atoms with Crippen molar-refractivity contribution in [3.63, 3.8) is 0 Å². The van der Waals surface area contributed by atoms with Crippen molar-refractivity contribution in [2.75, 3.05) is 12.0 Å². The number of nitrogens with zero attached hydrogens (tertiary/aromatic N) is 1. The van der Waals surface area contributed by atoms with Gasteiger partial charge in [-0.15, -0.1) is 0 Å². The van der Waals surface area contributed by atoms with E-state index < -0.39 is 0 Å². The third kappa shape index (κ3) is 5.24. The van der Waals surface area contributed by atoms with E-state index in [1.165, 1.54) is 12.8 Å². The van der Waals surface area contributed by atoms with Crippen LogP contribution in [0.1, 0.15) is 38.7 Å². The van der Waals surface area contributed by atoms with E-state index in [-0.39, 0.29) is 0 Å². The number of unbranched alkanes of at least 4 members (excludes halogenated alkanes) is 2. The van der Waals surface area contributed by atoms with E-state index >= 15 is 0 Å². The van der Waals surface area contributed by atoms with Gasteiger partial charge in [0, 0.05) is 0 Å². The van der Waals surface area contributed by atoms with Crippen molar-refractivity contribution in [3.05, 3.63) is 60.2 Å². The molecule has 0 bridgehead atoms. The van der Waals surface area contributed by atoms with E-state index in [1.807, 2.05) is 61.5 Å². The summed E-state index contributed by atoms with van der Waals surface area (Å²) in [5, 5.41) is 4.41. The van der Waals surface area contributed by atoms with Crippen LogP contribution >= 0.6 is 0 Å². The maximum absolute atomic E-state index is 5.69. The second kappa shape index (κ2) is 8.88. The van der Waals surface area contributed by atoms with Crippen LogP contribution in [0.15, 0.2) is 59.7 Å². The first-order valence-corrected chi connectivity index (χ1v) is 7.88. The van der Waals surface area contributed by atoms with Gasteiger partial charge in [-0.25, -0.2) is 0 Å². The van der Waals surface area contributed by atoms with Gasteiger partial charge in [0.25, 0.3) is 0 Å². The second-order valence-electron chi connectivity index (χ2n) is 5.25. The number of ether oxygens (including phenoxy) is 1. The molecule has 0 aliphatic heterocycles. The van der Waals surface area contributed by atoms with E-state index in [0.717, 1.165) is 35.7 Å². The van der Waals surface area contributed by atoms with E-state index in [0.29, 0.717) is 0 Å². The standard InChI is InChI=1S/C19H24N2O/c1-3-4-8-15-22-19-13-11-18(12-14-19)21-20-16(2)17-9-6-5-7-10-17/h5-7,9-14,21H,3-4,8,15H2,1-2H3/b20-16-. The van der Waals surface area contributed by atoms with Crippen molar-refractivity contribution in [1.82, 2.24) is 0 Å². The van der Waals surface area contributed by atoms with Crippen molar-refractivity contribution in [3.8, 4) is 5.75 Å². The third-order valence-electron chi connectivity index (χ3n) is 3.42. The zero-order valence-electron chi connectivity index (χ0n) is 13.4. The fraction of sp³-hybridized carbons (Fsp3) is 0.316. The number of rotatable bonds is 8. The lowest BCUT2D eigenvalue weighted by Gasteiger charge is -2.07. The Balaban J connectivity index is 1.86. The fourth-order valence-corrected chi connectivity index (χ4v) is 2.06. The maximum Gasteiger partial charge on any atom is 0.119 e. The molecule has 22 heavy (non-hydrogen) atoms. The lowest BCUT2D eigenvalue weighted by atomic mass is 10.1. The molecule has 0 aromatic heterocycles. The molecule has 2 aromatic rings. The Morgan fingerprint density at radius 3 is 2.41 bits per heavy atom. The zero-order valence-corrected chi connectivity index (χ0v) is 13.4. The highest BCUT2D eigenvalue weighted by Gasteiger charge is 1.97. The first kappa shape index (κ1) is 16.1. The van der Waals surface area contributed by atoms with Gasteiger partial charge in [0.1, 0.15) is 5.75 Å². The van der Waals surface area contributed by atoms with Crippen LogP contribution in [-0.4, -0.2) is 12.3 Å². The van der Waals surface area contributed by atoms with Crippen molar-refractivity contribution in [1.29, 1.82) is 0 Å². The smallest absolute Gasteiger partial charge is 0.119 e. The summed E-state index contributed by atoms with van der Waals surface area (Å²) in [5.74, 6) is 0.908. The molecule has 0 saturated carbocycles. The first-order valence-electron chi connectivity index (χ1n) is 7.88. The van der Waals surface area contributed by atoms with Crippen LogP contribution in [0.2, 0.25) is 0 Å². The van der Waals surface area contributed by atoms with Crippen molar-refractivity contribution in [2.24, 2.45) is 5.10 Å². The molecule has 0 fully saturated rings. The second-order valence-corrected chi connectivity index (χ2v) is 5.25. The SMILES string of the molecule is CCCCCOc1ccc(N/N=C(/C)c2ccccc2)cc1. The average molecular weight is 296 g/mol. The Morgan fingerprint density at radius 2 is 1.73 bits per heavy atom.